The molecule has 2 atom stereocenters. The van der Waals surface area contributed by atoms with Crippen molar-refractivity contribution in [2.45, 2.75) is 25.4 Å². The molecule has 0 amide bonds. The van der Waals surface area contributed by atoms with Gasteiger partial charge in [0.05, 0.1) is 6.10 Å². The van der Waals surface area contributed by atoms with Gasteiger partial charge in [0.15, 0.2) is 0 Å². The Balaban J connectivity index is 1.76. The number of nitrogens with zero attached hydrogens (tertiary/aromatic N) is 5. The second-order valence-corrected chi connectivity index (χ2v) is 5.04. The van der Waals surface area contributed by atoms with Crippen molar-refractivity contribution in [3.8, 4) is 5.95 Å². The van der Waals surface area contributed by atoms with Crippen molar-refractivity contribution in [1.29, 1.82) is 0 Å². The van der Waals surface area contributed by atoms with E-state index in [0.717, 1.165) is 19.3 Å². The first-order valence-electron chi connectivity index (χ1n) is 6.89. The molecule has 0 aromatic carbocycles. The maximum Gasteiger partial charge on any atom is 0.243 e. The molecule has 0 spiro atoms. The number of nitrogens with one attached hydrogen (secondary N) is 2. The van der Waals surface area contributed by atoms with Gasteiger partial charge in [-0.3, -0.25) is 9.99 Å². The lowest BCUT2D eigenvalue weighted by Crippen LogP contribution is -2.23. The van der Waals surface area contributed by atoms with Gasteiger partial charge in [0.2, 0.25) is 17.8 Å². The van der Waals surface area contributed by atoms with Crippen LogP contribution in [0.1, 0.15) is 19.3 Å². The third-order valence-electron chi connectivity index (χ3n) is 3.63. The van der Waals surface area contributed by atoms with Crippen molar-refractivity contribution in [2.75, 3.05) is 17.3 Å². The molecule has 21 heavy (non-hydrogen) atoms. The second kappa shape index (κ2) is 6.02. The summed E-state index contributed by atoms with van der Waals surface area (Å²) < 4.78 is 1.66. The van der Waals surface area contributed by atoms with Crippen molar-refractivity contribution in [1.82, 2.24) is 24.5 Å². The number of hydrogen-bond acceptors (Lipinski definition) is 8. The van der Waals surface area contributed by atoms with E-state index in [2.05, 4.69) is 30.7 Å². The summed E-state index contributed by atoms with van der Waals surface area (Å²) in [6.07, 6.45) is 7.65. The Morgan fingerprint density at radius 1 is 1.29 bits per heavy atom. The van der Waals surface area contributed by atoms with Crippen molar-refractivity contribution in [3.05, 3.63) is 18.7 Å². The van der Waals surface area contributed by atoms with Crippen LogP contribution in [0.25, 0.3) is 5.95 Å². The van der Waals surface area contributed by atoms with Gasteiger partial charge in [-0.1, -0.05) is 6.42 Å². The van der Waals surface area contributed by atoms with Gasteiger partial charge in [0, 0.05) is 24.9 Å². The minimum atomic E-state index is -0.250. The van der Waals surface area contributed by atoms with Crippen LogP contribution in [0, 0.1) is 5.92 Å². The monoisotopic (exact) mass is 290 g/mol. The number of rotatable bonds is 5. The number of anilines is 2. The molecule has 112 valence electrons. The molecule has 2 unspecified atom stereocenters. The summed E-state index contributed by atoms with van der Waals surface area (Å²) in [6, 6.07) is 0. The number of aliphatic hydroxyl groups is 1. The standard InChI is InChI=1S/C12H18N8O/c13-19-11-16-10(15-6-8-2-1-3-9(8)21)17-12(18-11)20-5-4-14-7-20/h4-5,7-9,21H,1-3,6,13H2,(H2,15,16,17,18,19). The van der Waals surface area contributed by atoms with E-state index in [4.69, 9.17) is 5.84 Å². The molecule has 5 N–H and O–H groups in total. The summed E-state index contributed by atoms with van der Waals surface area (Å²) in [7, 11) is 0. The van der Waals surface area contributed by atoms with Crippen molar-refractivity contribution >= 4 is 11.9 Å². The first kappa shape index (κ1) is 13.7. The van der Waals surface area contributed by atoms with Crippen LogP contribution < -0.4 is 16.6 Å². The van der Waals surface area contributed by atoms with Gasteiger partial charge >= 0.3 is 0 Å². The minimum absolute atomic E-state index is 0.229. The van der Waals surface area contributed by atoms with Crippen LogP contribution in [-0.2, 0) is 0 Å². The largest absolute Gasteiger partial charge is 0.393 e. The molecule has 1 fully saturated rings. The van der Waals surface area contributed by atoms with Crippen LogP contribution in [0.5, 0.6) is 0 Å². The molecular weight excluding hydrogens is 272 g/mol. The molecule has 9 heteroatoms. The Hall–Kier alpha value is -2.26. The maximum absolute atomic E-state index is 9.83. The molecule has 1 aliphatic carbocycles. The summed E-state index contributed by atoms with van der Waals surface area (Å²) in [5.41, 5.74) is 2.42. The summed E-state index contributed by atoms with van der Waals surface area (Å²) in [4.78, 5) is 16.6. The van der Waals surface area contributed by atoms with E-state index >= 15 is 0 Å². The van der Waals surface area contributed by atoms with Crippen molar-refractivity contribution < 1.29 is 5.11 Å². The van der Waals surface area contributed by atoms with Crippen LogP contribution in [0.2, 0.25) is 0 Å². The van der Waals surface area contributed by atoms with E-state index in [0.29, 0.717) is 18.4 Å². The average Bonchev–Trinajstić information content (AvgIpc) is 3.16. The minimum Gasteiger partial charge on any atom is -0.393 e. The van der Waals surface area contributed by atoms with E-state index < -0.39 is 0 Å². The Morgan fingerprint density at radius 2 is 2.14 bits per heavy atom. The maximum atomic E-state index is 9.83. The predicted molar refractivity (Wildman–Crippen MR) is 76.6 cm³/mol. The van der Waals surface area contributed by atoms with Crippen LogP contribution in [0.4, 0.5) is 11.9 Å². The van der Waals surface area contributed by atoms with Gasteiger partial charge in [-0.2, -0.15) is 15.0 Å². The molecule has 2 aromatic heterocycles. The lowest BCUT2D eigenvalue weighted by Gasteiger charge is -2.15. The molecule has 2 heterocycles. The van der Waals surface area contributed by atoms with Gasteiger partial charge in [-0.05, 0) is 12.8 Å². The third kappa shape index (κ3) is 3.09. The zero-order valence-electron chi connectivity index (χ0n) is 11.5. The summed E-state index contributed by atoms with van der Waals surface area (Å²) in [6.45, 7) is 0.624. The topological polar surface area (TPSA) is 127 Å². The summed E-state index contributed by atoms with van der Waals surface area (Å²) in [5, 5.41) is 13.0. The highest BCUT2D eigenvalue weighted by Crippen LogP contribution is 2.25. The van der Waals surface area contributed by atoms with E-state index in [-0.39, 0.29) is 18.0 Å². The number of hydrazine groups is 1. The van der Waals surface area contributed by atoms with Crippen LogP contribution >= 0.6 is 0 Å². The number of nitrogens with two attached hydrogens (primary N) is 1. The van der Waals surface area contributed by atoms with E-state index in [1.54, 1.807) is 23.3 Å². The number of hydrogen-bond donors (Lipinski definition) is 4. The molecule has 0 bridgehead atoms. The molecule has 2 aromatic rings. The Labute approximate surface area is 121 Å². The van der Waals surface area contributed by atoms with E-state index in [9.17, 15) is 5.11 Å². The normalized spacial score (nSPS) is 21.4. The highest BCUT2D eigenvalue weighted by Gasteiger charge is 2.25. The Kier molecular flexibility index (Phi) is 3.93. The SMILES string of the molecule is NNc1nc(NCC2CCCC2O)nc(-n2ccnc2)n1. The lowest BCUT2D eigenvalue weighted by molar-refractivity contribution is 0.138. The molecule has 1 saturated carbocycles. The van der Waals surface area contributed by atoms with Gasteiger partial charge in [0.1, 0.15) is 6.33 Å². The Morgan fingerprint density at radius 3 is 2.81 bits per heavy atom. The molecule has 3 rings (SSSR count). The molecule has 1 aliphatic rings. The first-order valence-corrected chi connectivity index (χ1v) is 6.89. The lowest BCUT2D eigenvalue weighted by atomic mass is 10.1. The van der Waals surface area contributed by atoms with Crippen molar-refractivity contribution in [3.63, 3.8) is 0 Å². The Bertz CT molecular complexity index is 587. The fraction of sp³-hybridized carbons (Fsp3) is 0.500. The van der Waals surface area contributed by atoms with E-state index in [1.165, 1.54) is 0 Å². The fourth-order valence-electron chi connectivity index (χ4n) is 2.48. The summed E-state index contributed by atoms with van der Waals surface area (Å²) >= 11 is 0. The second-order valence-electron chi connectivity index (χ2n) is 5.04. The van der Waals surface area contributed by atoms with Gasteiger partial charge in [-0.15, -0.1) is 0 Å². The van der Waals surface area contributed by atoms with Crippen LogP contribution in [0.15, 0.2) is 18.7 Å². The number of aromatic nitrogens is 5. The quantitative estimate of drug-likeness (QED) is 0.444. The van der Waals surface area contributed by atoms with Gasteiger partial charge in [-0.25, -0.2) is 10.8 Å². The summed E-state index contributed by atoms with van der Waals surface area (Å²) in [5.74, 6) is 6.72. The molecular formula is C12H18N8O. The smallest absolute Gasteiger partial charge is 0.243 e. The predicted octanol–water partition coefficient (Wildman–Crippen LogP) is -0.0842. The first-order chi connectivity index (χ1) is 10.3. The number of imidazole rings is 1. The highest BCUT2D eigenvalue weighted by atomic mass is 16.3. The van der Waals surface area contributed by atoms with Crippen LogP contribution in [0.3, 0.4) is 0 Å². The zero-order valence-corrected chi connectivity index (χ0v) is 11.5. The molecule has 0 saturated heterocycles. The molecule has 0 radical (unpaired) electrons. The van der Waals surface area contributed by atoms with Gasteiger partial charge in [0.25, 0.3) is 0 Å². The highest BCUT2D eigenvalue weighted by molar-refractivity contribution is 5.37. The number of nitrogen functional groups attached to an aromatic ring is 1. The third-order valence-corrected chi connectivity index (χ3v) is 3.63. The van der Waals surface area contributed by atoms with Gasteiger partial charge < -0.3 is 10.4 Å². The van der Waals surface area contributed by atoms with Crippen molar-refractivity contribution in [2.24, 2.45) is 11.8 Å². The van der Waals surface area contributed by atoms with E-state index in [1.807, 2.05) is 0 Å². The zero-order chi connectivity index (χ0) is 14.7. The fourth-order valence-corrected chi connectivity index (χ4v) is 2.48. The number of aliphatic hydroxyl groups excluding tert-OH is 1. The molecule has 9 nitrogen and oxygen atoms in total. The average molecular weight is 290 g/mol. The van der Waals surface area contributed by atoms with Crippen LogP contribution in [-0.4, -0.2) is 42.3 Å². The molecule has 0 aliphatic heterocycles.